The molecule has 1 saturated heterocycles. The second-order valence-corrected chi connectivity index (χ2v) is 7.74. The summed E-state index contributed by atoms with van der Waals surface area (Å²) in [6.45, 7) is -0.346. The Morgan fingerprint density at radius 3 is 2.67 bits per heavy atom. The largest absolute Gasteiger partial charge is 0.506 e. The summed E-state index contributed by atoms with van der Waals surface area (Å²) >= 11 is 6.28. The van der Waals surface area contributed by atoms with Crippen molar-refractivity contribution in [2.75, 3.05) is 11.9 Å². The zero-order chi connectivity index (χ0) is 21.7. The molecule has 3 rings (SSSR count). The van der Waals surface area contributed by atoms with Crippen LogP contribution >= 0.6 is 24.0 Å². The number of benzene rings is 2. The zero-order valence-electron chi connectivity index (χ0n) is 15.3. The van der Waals surface area contributed by atoms with Crippen LogP contribution in [0.5, 0.6) is 5.75 Å². The molecular formula is C20H15N3O5S2. The van der Waals surface area contributed by atoms with Crippen LogP contribution in [0.4, 0.5) is 11.4 Å². The van der Waals surface area contributed by atoms with E-state index in [9.17, 15) is 24.8 Å². The van der Waals surface area contributed by atoms with Gasteiger partial charge in [0.25, 0.3) is 11.6 Å². The molecule has 1 fully saturated rings. The van der Waals surface area contributed by atoms with Gasteiger partial charge in [-0.1, -0.05) is 66.5 Å². The monoisotopic (exact) mass is 441 g/mol. The first kappa shape index (κ1) is 21.2. The fourth-order valence-electron chi connectivity index (χ4n) is 2.53. The van der Waals surface area contributed by atoms with Crippen molar-refractivity contribution in [2.45, 2.75) is 0 Å². The topological polar surface area (TPSA) is 113 Å². The van der Waals surface area contributed by atoms with E-state index in [2.05, 4.69) is 5.32 Å². The predicted molar refractivity (Wildman–Crippen MR) is 119 cm³/mol. The lowest BCUT2D eigenvalue weighted by atomic mass is 10.2. The Bertz CT molecular complexity index is 1080. The van der Waals surface area contributed by atoms with Crippen molar-refractivity contribution in [3.63, 3.8) is 0 Å². The number of nitro groups is 1. The number of non-ortho nitro benzene ring substituents is 1. The van der Waals surface area contributed by atoms with Crippen LogP contribution in [-0.4, -0.2) is 37.6 Å². The predicted octanol–water partition coefficient (Wildman–Crippen LogP) is 3.70. The van der Waals surface area contributed by atoms with Crippen molar-refractivity contribution < 1.29 is 19.6 Å². The van der Waals surface area contributed by atoms with E-state index in [0.717, 1.165) is 34.4 Å². The van der Waals surface area contributed by atoms with Crippen LogP contribution in [0.25, 0.3) is 6.08 Å². The number of carbonyl (C=O) groups excluding carboxylic acids is 2. The second kappa shape index (κ2) is 9.33. The van der Waals surface area contributed by atoms with Crippen LogP contribution in [0.15, 0.2) is 65.6 Å². The summed E-state index contributed by atoms with van der Waals surface area (Å²) in [6, 6.07) is 12.9. The van der Waals surface area contributed by atoms with Gasteiger partial charge in [-0.25, -0.2) is 0 Å². The fourth-order valence-corrected chi connectivity index (χ4v) is 3.74. The van der Waals surface area contributed by atoms with Crippen LogP contribution in [0.2, 0.25) is 0 Å². The van der Waals surface area contributed by atoms with Gasteiger partial charge in [0, 0.05) is 6.07 Å². The van der Waals surface area contributed by atoms with E-state index in [1.807, 2.05) is 36.4 Å². The van der Waals surface area contributed by atoms with Crippen molar-refractivity contribution in [1.82, 2.24) is 4.90 Å². The molecule has 10 heteroatoms. The summed E-state index contributed by atoms with van der Waals surface area (Å²) in [5.41, 5.74) is 0.667. The number of nitrogens with zero attached hydrogens (tertiary/aromatic N) is 2. The number of carbonyl (C=O) groups is 2. The number of amides is 2. The van der Waals surface area contributed by atoms with Gasteiger partial charge in [0.15, 0.2) is 0 Å². The molecule has 0 radical (unpaired) electrons. The number of nitrogens with one attached hydrogen (secondary N) is 1. The lowest BCUT2D eigenvalue weighted by molar-refractivity contribution is -0.384. The van der Waals surface area contributed by atoms with E-state index < -0.39 is 22.5 Å². The highest BCUT2D eigenvalue weighted by molar-refractivity contribution is 8.26. The molecule has 2 N–H and O–H groups in total. The lowest BCUT2D eigenvalue weighted by Gasteiger charge is -2.14. The molecular weight excluding hydrogens is 426 g/mol. The van der Waals surface area contributed by atoms with Gasteiger partial charge in [-0.15, -0.1) is 0 Å². The van der Waals surface area contributed by atoms with Gasteiger partial charge in [-0.3, -0.25) is 24.6 Å². The summed E-state index contributed by atoms with van der Waals surface area (Å²) in [5.74, 6) is -1.45. The highest BCUT2D eigenvalue weighted by Gasteiger charge is 2.33. The Labute approximate surface area is 181 Å². The van der Waals surface area contributed by atoms with Gasteiger partial charge in [-0.2, -0.15) is 0 Å². The molecule has 0 saturated carbocycles. The molecule has 152 valence electrons. The molecule has 1 heterocycles. The van der Waals surface area contributed by atoms with Gasteiger partial charge >= 0.3 is 0 Å². The minimum Gasteiger partial charge on any atom is -0.506 e. The average Bonchev–Trinajstić information content (AvgIpc) is 2.97. The molecule has 1 aliphatic rings. The van der Waals surface area contributed by atoms with Crippen molar-refractivity contribution in [2.24, 2.45) is 0 Å². The van der Waals surface area contributed by atoms with Crippen LogP contribution in [0, 0.1) is 10.1 Å². The van der Waals surface area contributed by atoms with Crippen molar-refractivity contribution in [3.05, 3.63) is 81.3 Å². The number of hydrogen-bond donors (Lipinski definition) is 2. The number of rotatable bonds is 6. The Morgan fingerprint density at radius 1 is 1.27 bits per heavy atom. The molecule has 8 nitrogen and oxygen atoms in total. The molecule has 0 bridgehead atoms. The number of phenolic OH excluding ortho intramolecular Hbond substituents is 1. The Kier molecular flexibility index (Phi) is 6.60. The Hall–Kier alpha value is -3.50. The highest BCUT2D eigenvalue weighted by atomic mass is 32.2. The minimum absolute atomic E-state index is 0.00243. The van der Waals surface area contributed by atoms with Gasteiger partial charge in [-0.05, 0) is 17.7 Å². The van der Waals surface area contributed by atoms with E-state index in [4.69, 9.17) is 12.2 Å². The first-order chi connectivity index (χ1) is 14.3. The highest BCUT2D eigenvalue weighted by Crippen LogP contribution is 2.31. The van der Waals surface area contributed by atoms with Crippen LogP contribution in [0.1, 0.15) is 5.56 Å². The number of aromatic hydroxyl groups is 1. The van der Waals surface area contributed by atoms with Crippen LogP contribution in [-0.2, 0) is 9.59 Å². The van der Waals surface area contributed by atoms with Crippen molar-refractivity contribution in [1.29, 1.82) is 0 Å². The Morgan fingerprint density at radius 2 is 2.00 bits per heavy atom. The number of hydrogen-bond acceptors (Lipinski definition) is 7. The number of thiocarbonyl (C=S) groups is 1. The van der Waals surface area contributed by atoms with Gasteiger partial charge < -0.3 is 10.4 Å². The van der Waals surface area contributed by atoms with E-state index in [1.54, 1.807) is 12.2 Å². The van der Waals surface area contributed by atoms with E-state index in [-0.39, 0.29) is 22.2 Å². The number of allylic oxidation sites excluding steroid dienone is 2. The first-order valence-electron chi connectivity index (χ1n) is 8.59. The second-order valence-electron chi connectivity index (χ2n) is 6.07. The number of thioether (sulfide) groups is 1. The van der Waals surface area contributed by atoms with Gasteiger partial charge in [0.05, 0.1) is 21.6 Å². The molecule has 0 atom stereocenters. The molecule has 0 aliphatic carbocycles. The molecule has 2 aromatic rings. The maximum atomic E-state index is 12.5. The van der Waals surface area contributed by atoms with Gasteiger partial charge in [0.2, 0.25) is 5.91 Å². The minimum atomic E-state index is -0.663. The summed E-state index contributed by atoms with van der Waals surface area (Å²) in [7, 11) is 0. The van der Waals surface area contributed by atoms with Crippen molar-refractivity contribution >= 4 is 57.6 Å². The van der Waals surface area contributed by atoms with E-state index in [1.165, 1.54) is 6.07 Å². The molecule has 0 aromatic heterocycles. The standard InChI is InChI=1S/C20H15N3O5S2/c24-16-11-14(23(27)28)9-10-15(16)21-18(25)12-22-19(26)17(30-20(22)29)8-4-7-13-5-2-1-3-6-13/h1-11,24H,12H2,(H,21,25). The number of nitro benzene ring substituents is 1. The molecule has 2 amide bonds. The summed E-state index contributed by atoms with van der Waals surface area (Å²) < 4.78 is 0.238. The third-order valence-corrected chi connectivity index (χ3v) is 5.37. The normalized spacial score (nSPS) is 15.2. The first-order valence-corrected chi connectivity index (χ1v) is 9.82. The summed E-state index contributed by atoms with van der Waals surface area (Å²) in [6.07, 6.45) is 5.21. The lowest BCUT2D eigenvalue weighted by Crippen LogP contribution is -2.36. The molecule has 0 unspecified atom stereocenters. The maximum Gasteiger partial charge on any atom is 0.273 e. The van der Waals surface area contributed by atoms with Gasteiger partial charge in [0.1, 0.15) is 16.6 Å². The summed E-state index contributed by atoms with van der Waals surface area (Å²) in [5, 5.41) is 23.0. The van der Waals surface area contributed by atoms with E-state index >= 15 is 0 Å². The third kappa shape index (κ3) is 5.10. The Balaban J connectivity index is 1.64. The van der Waals surface area contributed by atoms with Crippen LogP contribution in [0.3, 0.4) is 0 Å². The maximum absolute atomic E-state index is 12.5. The quantitative estimate of drug-likeness (QED) is 0.231. The van der Waals surface area contributed by atoms with Crippen LogP contribution < -0.4 is 5.32 Å². The van der Waals surface area contributed by atoms with E-state index in [0.29, 0.717) is 4.91 Å². The number of anilines is 1. The molecule has 30 heavy (non-hydrogen) atoms. The molecule has 1 aliphatic heterocycles. The SMILES string of the molecule is O=C(CN1C(=O)C(=CC=Cc2ccccc2)SC1=S)Nc1ccc([N+](=O)[O-])cc1O. The molecule has 2 aromatic carbocycles. The zero-order valence-corrected chi connectivity index (χ0v) is 17.0. The molecule has 0 spiro atoms. The third-order valence-electron chi connectivity index (χ3n) is 3.98. The fraction of sp³-hybridized carbons (Fsp3) is 0.0500. The summed E-state index contributed by atoms with van der Waals surface area (Å²) in [4.78, 5) is 36.4. The smallest absolute Gasteiger partial charge is 0.273 e. The average molecular weight is 441 g/mol. The van der Waals surface area contributed by atoms with Crippen molar-refractivity contribution in [3.8, 4) is 5.75 Å². The number of phenols is 1.